The van der Waals surface area contributed by atoms with Crippen LogP contribution in [0, 0.1) is 0 Å². The average molecular weight is 530 g/mol. The van der Waals surface area contributed by atoms with Crippen LogP contribution in [-0.4, -0.2) is 29.6 Å². The standard InChI is InChI=1S/C21H19BrCl2N2O3S/c1-3-6-26-20(27)17(25-21(26)30)9-13-7-14(22)19(18(10-13)28-2)29-11-12-4-5-15(23)16(24)8-12/h4-5,7-10H,3,6,11H2,1-2H3,(H,25,30)/b17-9-. The third-order valence-electron chi connectivity index (χ3n) is 4.34. The summed E-state index contributed by atoms with van der Waals surface area (Å²) in [7, 11) is 1.56. The van der Waals surface area contributed by atoms with Crippen molar-refractivity contribution in [3.8, 4) is 11.5 Å². The molecule has 0 bridgehead atoms. The topological polar surface area (TPSA) is 50.8 Å². The minimum atomic E-state index is -0.142. The van der Waals surface area contributed by atoms with Gasteiger partial charge >= 0.3 is 0 Å². The smallest absolute Gasteiger partial charge is 0.276 e. The lowest BCUT2D eigenvalue weighted by Gasteiger charge is -2.14. The number of ether oxygens (including phenoxy) is 2. The van der Waals surface area contributed by atoms with Gasteiger partial charge in [-0.2, -0.15) is 0 Å². The lowest BCUT2D eigenvalue weighted by molar-refractivity contribution is -0.122. The molecule has 1 fully saturated rings. The highest BCUT2D eigenvalue weighted by molar-refractivity contribution is 9.10. The summed E-state index contributed by atoms with van der Waals surface area (Å²) in [6.07, 6.45) is 2.56. The minimum Gasteiger partial charge on any atom is -0.493 e. The van der Waals surface area contributed by atoms with Crippen LogP contribution < -0.4 is 14.8 Å². The number of hydrogen-bond donors (Lipinski definition) is 1. The fourth-order valence-electron chi connectivity index (χ4n) is 2.91. The number of amides is 1. The van der Waals surface area contributed by atoms with Crippen molar-refractivity contribution in [3.63, 3.8) is 0 Å². The normalized spacial score (nSPS) is 15.0. The second-order valence-corrected chi connectivity index (χ2v) is 8.57. The molecule has 0 aromatic heterocycles. The van der Waals surface area contributed by atoms with Crippen LogP contribution in [0.15, 0.2) is 40.5 Å². The zero-order valence-electron chi connectivity index (χ0n) is 16.3. The number of methoxy groups -OCH3 is 1. The Labute approximate surface area is 199 Å². The Morgan fingerprint density at radius 1 is 1.23 bits per heavy atom. The molecule has 3 rings (SSSR count). The van der Waals surface area contributed by atoms with E-state index in [4.69, 9.17) is 44.9 Å². The van der Waals surface area contributed by atoms with E-state index in [1.165, 1.54) is 0 Å². The monoisotopic (exact) mass is 528 g/mol. The van der Waals surface area contributed by atoms with Crippen molar-refractivity contribution < 1.29 is 14.3 Å². The number of hydrogen-bond acceptors (Lipinski definition) is 4. The molecule has 30 heavy (non-hydrogen) atoms. The zero-order chi connectivity index (χ0) is 21.8. The van der Waals surface area contributed by atoms with E-state index in [9.17, 15) is 4.79 Å². The Morgan fingerprint density at radius 2 is 2.00 bits per heavy atom. The number of carbonyl (C=O) groups excluding carboxylic acids is 1. The van der Waals surface area contributed by atoms with Gasteiger partial charge in [0, 0.05) is 6.54 Å². The quantitative estimate of drug-likeness (QED) is 0.362. The van der Waals surface area contributed by atoms with E-state index in [1.54, 1.807) is 36.3 Å². The predicted octanol–water partition coefficient (Wildman–Crippen LogP) is 5.81. The van der Waals surface area contributed by atoms with Gasteiger partial charge in [0.25, 0.3) is 5.91 Å². The number of benzene rings is 2. The first-order valence-corrected chi connectivity index (χ1v) is 11.1. The first-order valence-electron chi connectivity index (χ1n) is 9.12. The van der Waals surface area contributed by atoms with Gasteiger partial charge in [-0.1, -0.05) is 36.2 Å². The van der Waals surface area contributed by atoms with Crippen molar-refractivity contribution in [2.45, 2.75) is 20.0 Å². The van der Waals surface area contributed by atoms with E-state index < -0.39 is 0 Å². The molecule has 0 radical (unpaired) electrons. The molecule has 2 aromatic rings. The highest BCUT2D eigenvalue weighted by atomic mass is 79.9. The van der Waals surface area contributed by atoms with Gasteiger partial charge in [0.05, 0.1) is 21.6 Å². The Kier molecular flexibility index (Phi) is 7.63. The summed E-state index contributed by atoms with van der Waals surface area (Å²) in [5, 5.41) is 4.35. The SMILES string of the molecule is CCCN1C(=O)/C(=C/c2cc(Br)c(OCc3ccc(Cl)c(Cl)c3)c(OC)c2)NC1=S. The first-order chi connectivity index (χ1) is 14.3. The van der Waals surface area contributed by atoms with Crippen LogP contribution in [0.5, 0.6) is 11.5 Å². The summed E-state index contributed by atoms with van der Waals surface area (Å²) in [6, 6.07) is 8.96. The van der Waals surface area contributed by atoms with Crippen molar-refractivity contribution >= 4 is 68.4 Å². The summed E-state index contributed by atoms with van der Waals surface area (Å²) in [5.41, 5.74) is 2.05. The first kappa shape index (κ1) is 22.9. The van der Waals surface area contributed by atoms with Crippen molar-refractivity contribution in [1.82, 2.24) is 10.2 Å². The van der Waals surface area contributed by atoms with Crippen molar-refractivity contribution in [2.24, 2.45) is 0 Å². The molecule has 5 nitrogen and oxygen atoms in total. The Balaban J connectivity index is 1.83. The maximum absolute atomic E-state index is 12.5. The van der Waals surface area contributed by atoms with Crippen molar-refractivity contribution in [2.75, 3.05) is 13.7 Å². The van der Waals surface area contributed by atoms with Crippen LogP contribution >= 0.6 is 51.3 Å². The second kappa shape index (κ2) is 10.0. The summed E-state index contributed by atoms with van der Waals surface area (Å²) in [4.78, 5) is 14.1. The fraction of sp³-hybridized carbons (Fsp3) is 0.238. The van der Waals surface area contributed by atoms with E-state index in [2.05, 4.69) is 21.2 Å². The van der Waals surface area contributed by atoms with E-state index in [1.807, 2.05) is 19.1 Å². The Morgan fingerprint density at radius 3 is 2.67 bits per heavy atom. The number of carbonyl (C=O) groups is 1. The van der Waals surface area contributed by atoms with Gasteiger partial charge < -0.3 is 14.8 Å². The molecule has 1 aliphatic heterocycles. The van der Waals surface area contributed by atoms with E-state index in [-0.39, 0.29) is 12.5 Å². The number of halogens is 3. The molecular formula is C21H19BrCl2N2O3S. The van der Waals surface area contributed by atoms with Gasteiger partial charge in [-0.05, 0) is 76.0 Å². The number of rotatable bonds is 7. The van der Waals surface area contributed by atoms with Gasteiger partial charge in [-0.15, -0.1) is 0 Å². The largest absolute Gasteiger partial charge is 0.493 e. The third-order valence-corrected chi connectivity index (χ3v) is 5.99. The lowest BCUT2D eigenvalue weighted by atomic mass is 10.1. The molecule has 0 saturated carbocycles. The molecule has 0 spiro atoms. The molecule has 9 heteroatoms. The third kappa shape index (κ3) is 5.09. The summed E-state index contributed by atoms with van der Waals surface area (Å²) in [6.45, 7) is 2.86. The molecule has 1 amide bonds. The van der Waals surface area contributed by atoms with E-state index in [0.29, 0.717) is 43.4 Å². The zero-order valence-corrected chi connectivity index (χ0v) is 20.2. The van der Waals surface area contributed by atoms with Crippen LogP contribution in [0.4, 0.5) is 0 Å². The minimum absolute atomic E-state index is 0.142. The summed E-state index contributed by atoms with van der Waals surface area (Å²) in [5.74, 6) is 0.922. The van der Waals surface area contributed by atoms with Gasteiger partial charge in [0.2, 0.25) is 0 Å². The molecule has 1 aliphatic rings. The molecule has 2 aromatic carbocycles. The maximum atomic E-state index is 12.5. The van der Waals surface area contributed by atoms with E-state index in [0.717, 1.165) is 17.5 Å². The number of nitrogens with one attached hydrogen (secondary N) is 1. The van der Waals surface area contributed by atoms with Gasteiger partial charge in [0.1, 0.15) is 12.3 Å². The van der Waals surface area contributed by atoms with Crippen LogP contribution in [0.2, 0.25) is 10.0 Å². The van der Waals surface area contributed by atoms with Crippen LogP contribution in [0.25, 0.3) is 6.08 Å². The van der Waals surface area contributed by atoms with Gasteiger partial charge in [-0.3, -0.25) is 9.69 Å². The van der Waals surface area contributed by atoms with Crippen molar-refractivity contribution in [3.05, 3.63) is 61.7 Å². The molecule has 0 unspecified atom stereocenters. The van der Waals surface area contributed by atoms with Crippen LogP contribution in [0.3, 0.4) is 0 Å². The molecule has 158 valence electrons. The van der Waals surface area contributed by atoms with Crippen molar-refractivity contribution in [1.29, 1.82) is 0 Å². The van der Waals surface area contributed by atoms with Crippen LogP contribution in [0.1, 0.15) is 24.5 Å². The van der Waals surface area contributed by atoms with Gasteiger partial charge in [-0.25, -0.2) is 0 Å². The Bertz CT molecular complexity index is 1030. The lowest BCUT2D eigenvalue weighted by Crippen LogP contribution is -2.31. The number of nitrogens with zero attached hydrogens (tertiary/aromatic N) is 1. The highest BCUT2D eigenvalue weighted by Crippen LogP contribution is 2.38. The fourth-order valence-corrected chi connectivity index (χ4v) is 4.09. The summed E-state index contributed by atoms with van der Waals surface area (Å²) < 4.78 is 12.1. The second-order valence-electron chi connectivity index (χ2n) is 6.52. The Hall–Kier alpha value is -1.80. The molecule has 1 heterocycles. The highest BCUT2D eigenvalue weighted by Gasteiger charge is 2.29. The molecule has 1 N–H and O–H groups in total. The molecule has 0 atom stereocenters. The van der Waals surface area contributed by atoms with E-state index >= 15 is 0 Å². The molecular weight excluding hydrogens is 511 g/mol. The molecule has 1 saturated heterocycles. The predicted molar refractivity (Wildman–Crippen MR) is 127 cm³/mol. The van der Waals surface area contributed by atoms with Gasteiger partial charge in [0.15, 0.2) is 16.6 Å². The van der Waals surface area contributed by atoms with Crippen LogP contribution in [-0.2, 0) is 11.4 Å². The average Bonchev–Trinajstić information content (AvgIpc) is 2.97. The number of thiocarbonyl (C=S) groups is 1. The maximum Gasteiger partial charge on any atom is 0.276 e. The molecule has 0 aliphatic carbocycles. The summed E-state index contributed by atoms with van der Waals surface area (Å²) >= 11 is 20.8.